The molecule has 3 atom stereocenters. The van der Waals surface area contributed by atoms with Crippen molar-refractivity contribution in [2.24, 2.45) is 0 Å². The fourth-order valence-electron chi connectivity index (χ4n) is 5.54. The van der Waals surface area contributed by atoms with Gasteiger partial charge in [0.2, 0.25) is 0 Å². The molecule has 160 valence electrons. The molecule has 2 aliphatic heterocycles. The molecule has 2 saturated heterocycles. The zero-order valence-electron chi connectivity index (χ0n) is 18.7. The van der Waals surface area contributed by atoms with Gasteiger partial charge in [0.15, 0.2) is 0 Å². The number of carbonyl (C=O) groups excluding carboxylic acids is 1. The highest BCUT2D eigenvalue weighted by Gasteiger charge is 2.48. The summed E-state index contributed by atoms with van der Waals surface area (Å²) in [5.41, 5.74) is 5.34. The van der Waals surface area contributed by atoms with Crippen LogP contribution in [-0.2, 0) is 0 Å². The van der Waals surface area contributed by atoms with Gasteiger partial charge in [-0.2, -0.15) is 0 Å². The van der Waals surface area contributed by atoms with Crippen molar-refractivity contribution in [2.45, 2.75) is 45.2 Å². The number of rotatable bonds is 5. The molecule has 1 amide bonds. The van der Waals surface area contributed by atoms with Crippen LogP contribution in [0.3, 0.4) is 0 Å². The minimum Gasteiger partial charge on any atom is -0.378 e. The molecule has 0 aliphatic carbocycles. The van der Waals surface area contributed by atoms with Crippen LogP contribution >= 0.6 is 0 Å². The summed E-state index contributed by atoms with van der Waals surface area (Å²) in [5, 5.41) is 6.66. The Bertz CT molecular complexity index is 902. The van der Waals surface area contributed by atoms with Gasteiger partial charge in [-0.05, 0) is 50.2 Å². The molecule has 2 fully saturated rings. The number of nitrogens with zero attached hydrogens (tertiary/aromatic N) is 2. The first-order valence-electron chi connectivity index (χ1n) is 11.2. The van der Waals surface area contributed by atoms with Crippen molar-refractivity contribution < 1.29 is 4.79 Å². The predicted molar refractivity (Wildman–Crippen MR) is 127 cm³/mol. The minimum atomic E-state index is -0.0640. The van der Waals surface area contributed by atoms with E-state index in [1.807, 2.05) is 43.3 Å². The van der Waals surface area contributed by atoms with Crippen molar-refractivity contribution in [3.05, 3.63) is 53.6 Å². The maximum atomic E-state index is 12.7. The van der Waals surface area contributed by atoms with E-state index in [9.17, 15) is 4.79 Å². The molecule has 30 heavy (non-hydrogen) atoms. The summed E-state index contributed by atoms with van der Waals surface area (Å²) in [4.78, 5) is 14.8. The first-order valence-corrected chi connectivity index (χ1v) is 11.2. The largest absolute Gasteiger partial charge is 0.378 e. The third-order valence-corrected chi connectivity index (χ3v) is 7.17. The molecule has 2 aromatic rings. The minimum absolute atomic E-state index is 0.0640. The van der Waals surface area contributed by atoms with E-state index in [1.54, 1.807) is 0 Å². The molecule has 2 aromatic carbocycles. The topological polar surface area (TPSA) is 44.4 Å². The number of hydrogen-bond donors (Lipinski definition) is 2. The molecule has 5 nitrogen and oxygen atoms in total. The normalized spacial score (nSPS) is 26.0. The third kappa shape index (κ3) is 3.72. The molecule has 0 aromatic heterocycles. The van der Waals surface area contributed by atoms with Crippen molar-refractivity contribution in [3.63, 3.8) is 0 Å². The average molecular weight is 408 g/mol. The Morgan fingerprint density at radius 2 is 1.90 bits per heavy atom. The molecule has 4 rings (SSSR count). The van der Waals surface area contributed by atoms with Crippen LogP contribution in [0.4, 0.5) is 17.1 Å². The van der Waals surface area contributed by atoms with E-state index in [4.69, 9.17) is 0 Å². The molecule has 0 saturated carbocycles. The quantitative estimate of drug-likeness (QED) is 0.732. The van der Waals surface area contributed by atoms with Crippen LogP contribution in [0.1, 0.15) is 42.1 Å². The lowest BCUT2D eigenvalue weighted by Crippen LogP contribution is -2.60. The van der Waals surface area contributed by atoms with Gasteiger partial charge in [0.05, 0.1) is 12.6 Å². The highest BCUT2D eigenvalue weighted by atomic mass is 16.1. The smallest absolute Gasteiger partial charge is 0.255 e. The van der Waals surface area contributed by atoms with Crippen molar-refractivity contribution in [3.8, 4) is 0 Å². The molecule has 2 N–H and O–H groups in total. The molecule has 2 aliphatic rings. The Balaban J connectivity index is 1.56. The molecule has 2 heterocycles. The molecule has 0 bridgehead atoms. The fraction of sp³-hybridized carbons (Fsp3) is 0.480. The van der Waals surface area contributed by atoms with E-state index in [1.165, 1.54) is 37.1 Å². The van der Waals surface area contributed by atoms with Gasteiger partial charge in [-0.25, -0.2) is 0 Å². The van der Waals surface area contributed by atoms with Crippen molar-refractivity contribution in [1.29, 1.82) is 0 Å². The summed E-state index contributed by atoms with van der Waals surface area (Å²) in [6.45, 7) is 8.06. The summed E-state index contributed by atoms with van der Waals surface area (Å²) in [7, 11) is 4.00. The van der Waals surface area contributed by atoms with Gasteiger partial charge in [-0.15, -0.1) is 0 Å². The maximum Gasteiger partial charge on any atom is 0.255 e. The summed E-state index contributed by atoms with van der Waals surface area (Å²) in [5.74, 6) is -0.0640. The molecular weight excluding hydrogens is 372 g/mol. The van der Waals surface area contributed by atoms with E-state index < -0.39 is 0 Å². The second kappa shape index (κ2) is 8.40. The monoisotopic (exact) mass is 407 g/mol. The summed E-state index contributed by atoms with van der Waals surface area (Å²) < 4.78 is 1.10. The van der Waals surface area contributed by atoms with Gasteiger partial charge in [0, 0.05) is 75.0 Å². The standard InChI is InChI=1S/C25H34N4O/c1-18-16-21(27-25(30)20-7-10-22(11-8-20)28(3)4)9-12-24(18)29(15-5-6-19(29)2)23-13-14-26-17-23/h7-12,16,19,23,26H,5-6,13-15,17H2,1-4H3/p+1. The van der Waals surface area contributed by atoms with E-state index >= 15 is 0 Å². The SMILES string of the molecule is Cc1cc(NC(=O)c2ccc(N(C)C)cc2)ccc1[N+]1(C2CCNC2)CCCC1C. The predicted octanol–water partition coefficient (Wildman–Crippen LogP) is 4.16. The number of quaternary nitrogens is 1. The zero-order valence-corrected chi connectivity index (χ0v) is 18.7. The molecule has 0 spiro atoms. The Hall–Kier alpha value is -2.37. The molecular formula is C25H35N4O+. The van der Waals surface area contributed by atoms with Crippen LogP contribution in [0.15, 0.2) is 42.5 Å². The van der Waals surface area contributed by atoms with Crippen molar-refractivity contribution in [1.82, 2.24) is 9.80 Å². The first-order chi connectivity index (χ1) is 14.4. The summed E-state index contributed by atoms with van der Waals surface area (Å²) in [6.07, 6.45) is 3.82. The maximum absolute atomic E-state index is 12.7. The number of carbonyl (C=O) groups is 1. The van der Waals surface area contributed by atoms with Gasteiger partial charge in [-0.1, -0.05) is 0 Å². The Morgan fingerprint density at radius 1 is 1.13 bits per heavy atom. The lowest BCUT2D eigenvalue weighted by Gasteiger charge is -2.44. The van der Waals surface area contributed by atoms with Crippen molar-refractivity contribution in [2.75, 3.05) is 43.9 Å². The number of nitrogens with one attached hydrogen (secondary N) is 2. The Kier molecular flexibility index (Phi) is 5.85. The van der Waals surface area contributed by atoms with Crippen LogP contribution < -0.4 is 20.0 Å². The number of anilines is 2. The number of hydrogen-bond acceptors (Lipinski definition) is 3. The molecule has 5 heteroatoms. The first kappa shape index (κ1) is 20.9. The van der Waals surface area contributed by atoms with E-state index in [0.717, 1.165) is 28.9 Å². The number of aryl methyl sites for hydroxylation is 1. The highest BCUT2D eigenvalue weighted by molar-refractivity contribution is 6.04. The lowest BCUT2D eigenvalue weighted by atomic mass is 10.0. The second-order valence-electron chi connectivity index (χ2n) is 9.19. The van der Waals surface area contributed by atoms with Crippen LogP contribution in [0.2, 0.25) is 0 Å². The van der Waals surface area contributed by atoms with Gasteiger partial charge in [0.1, 0.15) is 11.7 Å². The highest BCUT2D eigenvalue weighted by Crippen LogP contribution is 2.41. The summed E-state index contributed by atoms with van der Waals surface area (Å²) >= 11 is 0. The van der Waals surface area contributed by atoms with E-state index in [0.29, 0.717) is 17.6 Å². The second-order valence-corrected chi connectivity index (χ2v) is 9.19. The van der Waals surface area contributed by atoms with Gasteiger partial charge >= 0.3 is 0 Å². The Labute approximate surface area is 180 Å². The van der Waals surface area contributed by atoms with E-state index in [-0.39, 0.29) is 5.91 Å². The number of likely N-dealkylation sites (tertiary alicyclic amines) is 1. The molecule has 0 radical (unpaired) electrons. The van der Waals surface area contributed by atoms with Crippen LogP contribution in [-0.4, -0.2) is 51.7 Å². The van der Waals surface area contributed by atoms with Gasteiger partial charge in [0.25, 0.3) is 5.91 Å². The Morgan fingerprint density at radius 3 is 2.47 bits per heavy atom. The van der Waals surface area contributed by atoms with Crippen LogP contribution in [0.5, 0.6) is 0 Å². The number of benzene rings is 2. The molecule has 3 unspecified atom stereocenters. The third-order valence-electron chi connectivity index (χ3n) is 7.17. The number of amides is 1. The lowest BCUT2D eigenvalue weighted by molar-refractivity contribution is 0.102. The van der Waals surface area contributed by atoms with Gasteiger partial charge in [-0.3, -0.25) is 9.28 Å². The van der Waals surface area contributed by atoms with Crippen LogP contribution in [0, 0.1) is 6.92 Å². The van der Waals surface area contributed by atoms with E-state index in [2.05, 4.69) is 42.7 Å². The summed E-state index contributed by atoms with van der Waals surface area (Å²) in [6, 6.07) is 15.5. The zero-order chi connectivity index (χ0) is 21.3. The fourth-order valence-corrected chi connectivity index (χ4v) is 5.54. The van der Waals surface area contributed by atoms with Gasteiger partial charge < -0.3 is 15.5 Å². The van der Waals surface area contributed by atoms with Crippen molar-refractivity contribution >= 4 is 23.0 Å². The average Bonchev–Trinajstić information content (AvgIpc) is 3.39. The van der Waals surface area contributed by atoms with Crippen LogP contribution in [0.25, 0.3) is 0 Å².